The van der Waals surface area contributed by atoms with Gasteiger partial charge in [0.05, 0.1) is 10.2 Å². The zero-order valence-corrected chi connectivity index (χ0v) is 13.8. The maximum absolute atomic E-state index is 4.80. The van der Waals surface area contributed by atoms with Crippen molar-refractivity contribution < 1.29 is 0 Å². The molecule has 0 bridgehead atoms. The van der Waals surface area contributed by atoms with E-state index in [1.807, 2.05) is 7.05 Å². The summed E-state index contributed by atoms with van der Waals surface area (Å²) in [5.74, 6) is 2.28. The van der Waals surface area contributed by atoms with Gasteiger partial charge in [0.15, 0.2) is 0 Å². The summed E-state index contributed by atoms with van der Waals surface area (Å²) in [4.78, 5) is 9.43. The third-order valence-corrected chi connectivity index (χ3v) is 3.92. The molecular formula is C14H24BrN3. The molecule has 18 heavy (non-hydrogen) atoms. The largest absolute Gasteiger partial charge is 0.372 e. The summed E-state index contributed by atoms with van der Waals surface area (Å²) in [7, 11) is 1.90. The number of hydrogen-bond acceptors (Lipinski definition) is 3. The number of nitrogens with zero attached hydrogens (tertiary/aromatic N) is 2. The van der Waals surface area contributed by atoms with E-state index in [4.69, 9.17) is 4.98 Å². The van der Waals surface area contributed by atoms with Gasteiger partial charge in [-0.05, 0) is 28.8 Å². The van der Waals surface area contributed by atoms with Crippen molar-refractivity contribution in [1.29, 1.82) is 0 Å². The lowest BCUT2D eigenvalue weighted by atomic mass is 9.91. The molecule has 0 unspecified atom stereocenters. The highest BCUT2D eigenvalue weighted by molar-refractivity contribution is 9.10. The first-order chi connectivity index (χ1) is 8.35. The van der Waals surface area contributed by atoms with E-state index in [-0.39, 0.29) is 5.41 Å². The third kappa shape index (κ3) is 3.22. The normalized spacial score (nSPS) is 12.0. The zero-order valence-electron chi connectivity index (χ0n) is 12.3. The van der Waals surface area contributed by atoms with Crippen molar-refractivity contribution in [1.82, 2.24) is 9.97 Å². The molecule has 102 valence electrons. The molecule has 4 heteroatoms. The monoisotopic (exact) mass is 313 g/mol. The van der Waals surface area contributed by atoms with Gasteiger partial charge in [-0.2, -0.15) is 0 Å². The molecule has 0 aliphatic carbocycles. The molecule has 0 aliphatic rings. The second kappa shape index (κ2) is 6.00. The van der Waals surface area contributed by atoms with Crippen molar-refractivity contribution in [3.63, 3.8) is 0 Å². The fraction of sp³-hybridized carbons (Fsp3) is 0.714. The van der Waals surface area contributed by atoms with E-state index >= 15 is 0 Å². The van der Waals surface area contributed by atoms with Gasteiger partial charge >= 0.3 is 0 Å². The van der Waals surface area contributed by atoms with Crippen molar-refractivity contribution in [2.75, 3.05) is 12.4 Å². The zero-order chi connectivity index (χ0) is 13.9. The van der Waals surface area contributed by atoms with Crippen LogP contribution in [0.1, 0.15) is 64.9 Å². The number of rotatable bonds is 4. The Bertz CT molecular complexity index is 406. The van der Waals surface area contributed by atoms with Crippen molar-refractivity contribution in [2.45, 2.75) is 58.8 Å². The average molecular weight is 314 g/mol. The van der Waals surface area contributed by atoms with Crippen LogP contribution in [0, 0.1) is 0 Å². The van der Waals surface area contributed by atoms with E-state index < -0.39 is 0 Å². The minimum atomic E-state index is 0.00809. The summed E-state index contributed by atoms with van der Waals surface area (Å²) in [5.41, 5.74) is 1.08. The van der Waals surface area contributed by atoms with Gasteiger partial charge in [0.25, 0.3) is 0 Å². The number of nitrogens with one attached hydrogen (secondary N) is 1. The van der Waals surface area contributed by atoms with Crippen LogP contribution in [0.3, 0.4) is 0 Å². The number of hydrogen-bond donors (Lipinski definition) is 1. The lowest BCUT2D eigenvalue weighted by molar-refractivity contribution is 0.539. The Hall–Kier alpha value is -0.640. The Balaban J connectivity index is 3.39. The number of aromatic nitrogens is 2. The molecule has 0 spiro atoms. The van der Waals surface area contributed by atoms with Gasteiger partial charge in [0.1, 0.15) is 11.6 Å². The van der Waals surface area contributed by atoms with Gasteiger partial charge in [-0.25, -0.2) is 9.97 Å². The topological polar surface area (TPSA) is 37.8 Å². The summed E-state index contributed by atoms with van der Waals surface area (Å²) in [6.07, 6.45) is 2.15. The van der Waals surface area contributed by atoms with Crippen LogP contribution < -0.4 is 5.32 Å². The van der Waals surface area contributed by atoms with Crippen LogP contribution in [0.2, 0.25) is 0 Å². The smallest absolute Gasteiger partial charge is 0.144 e. The van der Waals surface area contributed by atoms with Gasteiger partial charge in [-0.1, -0.05) is 34.6 Å². The van der Waals surface area contributed by atoms with Gasteiger partial charge in [-0.15, -0.1) is 0 Å². The van der Waals surface area contributed by atoms with Crippen LogP contribution >= 0.6 is 15.9 Å². The van der Waals surface area contributed by atoms with Gasteiger partial charge in [-0.3, -0.25) is 0 Å². The average Bonchev–Trinajstić information content (AvgIpc) is 2.30. The first-order valence-corrected chi connectivity index (χ1v) is 7.40. The molecule has 0 aromatic carbocycles. The van der Waals surface area contributed by atoms with E-state index in [0.717, 1.165) is 34.7 Å². The molecule has 1 N–H and O–H groups in total. The summed E-state index contributed by atoms with van der Waals surface area (Å²) < 4.78 is 0.979. The summed E-state index contributed by atoms with van der Waals surface area (Å²) in [6, 6.07) is 0. The quantitative estimate of drug-likeness (QED) is 0.890. The molecule has 0 amide bonds. The molecule has 1 aromatic heterocycles. The van der Waals surface area contributed by atoms with Crippen molar-refractivity contribution in [3.8, 4) is 0 Å². The molecular weight excluding hydrogens is 290 g/mol. The predicted molar refractivity (Wildman–Crippen MR) is 81.3 cm³/mol. The van der Waals surface area contributed by atoms with Crippen molar-refractivity contribution >= 4 is 21.7 Å². The van der Waals surface area contributed by atoms with Gasteiger partial charge in [0.2, 0.25) is 0 Å². The van der Waals surface area contributed by atoms with E-state index in [1.54, 1.807) is 0 Å². The Morgan fingerprint density at radius 2 is 1.72 bits per heavy atom. The molecule has 3 nitrogen and oxygen atoms in total. The van der Waals surface area contributed by atoms with Crippen molar-refractivity contribution in [2.24, 2.45) is 0 Å². The Labute approximate surface area is 119 Å². The molecule has 0 radical (unpaired) electrons. The molecule has 1 rings (SSSR count). The van der Waals surface area contributed by atoms with Gasteiger partial charge in [0, 0.05) is 18.4 Å². The highest BCUT2D eigenvalue weighted by Crippen LogP contribution is 2.34. The third-order valence-electron chi connectivity index (χ3n) is 3.17. The highest BCUT2D eigenvalue weighted by Gasteiger charge is 2.24. The van der Waals surface area contributed by atoms with Gasteiger partial charge < -0.3 is 5.32 Å². The predicted octanol–water partition coefficient (Wildman–Crippen LogP) is 4.48. The second-order valence-corrected chi connectivity index (χ2v) is 6.40. The number of halogens is 1. The first kappa shape index (κ1) is 15.4. The summed E-state index contributed by atoms with van der Waals surface area (Å²) >= 11 is 3.62. The second-order valence-electron chi connectivity index (χ2n) is 5.61. The van der Waals surface area contributed by atoms with Crippen LogP contribution in [-0.4, -0.2) is 17.0 Å². The van der Waals surface area contributed by atoms with E-state index in [1.165, 1.54) is 0 Å². The van der Waals surface area contributed by atoms with Crippen LogP contribution in [0.25, 0.3) is 0 Å². The number of anilines is 1. The minimum absolute atomic E-state index is 0.00809. The summed E-state index contributed by atoms with van der Waals surface area (Å²) in [6.45, 7) is 10.9. The maximum Gasteiger partial charge on any atom is 0.144 e. The molecule has 0 fully saturated rings. The first-order valence-electron chi connectivity index (χ1n) is 6.60. The maximum atomic E-state index is 4.80. The molecule has 0 atom stereocenters. The fourth-order valence-electron chi connectivity index (χ4n) is 1.96. The van der Waals surface area contributed by atoms with E-state index in [9.17, 15) is 0 Å². The van der Waals surface area contributed by atoms with Crippen LogP contribution in [-0.2, 0) is 5.41 Å². The lowest BCUT2D eigenvalue weighted by Crippen LogP contribution is -2.19. The molecule has 0 saturated carbocycles. The Kier molecular flexibility index (Phi) is 5.14. The molecule has 1 aromatic rings. The highest BCUT2D eigenvalue weighted by atomic mass is 79.9. The Morgan fingerprint density at radius 3 is 2.11 bits per heavy atom. The Morgan fingerprint density at radius 1 is 1.17 bits per heavy atom. The van der Waals surface area contributed by atoms with Crippen LogP contribution in [0.5, 0.6) is 0 Å². The van der Waals surface area contributed by atoms with Crippen LogP contribution in [0.4, 0.5) is 5.82 Å². The molecule has 1 heterocycles. The standard InChI is InChI=1S/C14H24BrN3/c1-7-9(8-2)12-17-11(14(3,4)5)10(15)13(16-6)18-12/h9H,7-8H2,1-6H3,(H,16,17,18). The van der Waals surface area contributed by atoms with E-state index in [2.05, 4.69) is 60.8 Å². The van der Waals surface area contributed by atoms with Crippen LogP contribution in [0.15, 0.2) is 4.47 Å². The molecule has 0 aliphatic heterocycles. The lowest BCUT2D eigenvalue weighted by Gasteiger charge is -2.23. The van der Waals surface area contributed by atoms with Crippen molar-refractivity contribution in [3.05, 3.63) is 16.0 Å². The summed E-state index contributed by atoms with van der Waals surface area (Å²) in [5, 5.41) is 3.15. The molecule has 0 saturated heterocycles. The fourth-order valence-corrected chi connectivity index (χ4v) is 2.93. The minimum Gasteiger partial charge on any atom is -0.372 e. The SMILES string of the molecule is CCC(CC)c1nc(NC)c(Br)c(C(C)(C)C)n1. The van der Waals surface area contributed by atoms with E-state index in [0.29, 0.717) is 5.92 Å².